The van der Waals surface area contributed by atoms with Crippen LogP contribution >= 0.6 is 35.7 Å². The fraction of sp³-hybridized carbons (Fsp3) is 0.500. The van der Waals surface area contributed by atoms with Crippen molar-refractivity contribution in [3.05, 3.63) is 29.3 Å². The van der Waals surface area contributed by atoms with Crippen molar-refractivity contribution in [1.82, 2.24) is 0 Å². The normalized spacial score (nSPS) is 11.3. The van der Waals surface area contributed by atoms with Gasteiger partial charge in [0.25, 0.3) is 0 Å². The quantitative estimate of drug-likeness (QED) is 0.346. The maximum atomic E-state index is 5.85. The molecule has 0 fully saturated rings. The number of thioether (sulfide) groups is 1. The Morgan fingerprint density at radius 1 is 1.26 bits per heavy atom. The molecular formula is C14H24IN3S. The van der Waals surface area contributed by atoms with Crippen LogP contribution in [0, 0.1) is 13.8 Å². The summed E-state index contributed by atoms with van der Waals surface area (Å²) >= 11 is 1.89. The van der Waals surface area contributed by atoms with Gasteiger partial charge in [0, 0.05) is 11.4 Å². The molecule has 0 amide bonds. The van der Waals surface area contributed by atoms with E-state index in [1.165, 1.54) is 11.1 Å². The average Bonchev–Trinajstić information content (AvgIpc) is 2.22. The molecule has 0 radical (unpaired) electrons. The number of guanidine groups is 1. The molecule has 0 aromatic heterocycles. The third-order valence-corrected chi connectivity index (χ3v) is 3.40. The van der Waals surface area contributed by atoms with E-state index in [1.54, 1.807) is 0 Å². The van der Waals surface area contributed by atoms with Crippen LogP contribution in [0.5, 0.6) is 0 Å². The smallest absolute Gasteiger partial charge is 0.193 e. The van der Waals surface area contributed by atoms with Crippen LogP contribution in [-0.4, -0.2) is 23.5 Å². The Kier molecular flexibility index (Phi) is 9.26. The van der Waals surface area contributed by atoms with E-state index in [1.807, 2.05) is 11.8 Å². The van der Waals surface area contributed by atoms with Crippen LogP contribution in [0.2, 0.25) is 0 Å². The number of aryl methyl sites for hydroxylation is 2. The third-order valence-electron chi connectivity index (χ3n) is 2.32. The summed E-state index contributed by atoms with van der Waals surface area (Å²) in [7, 11) is 0. The third kappa shape index (κ3) is 8.36. The van der Waals surface area contributed by atoms with E-state index in [0.717, 1.165) is 18.0 Å². The van der Waals surface area contributed by atoms with Crippen molar-refractivity contribution in [2.45, 2.75) is 32.9 Å². The monoisotopic (exact) mass is 393 g/mol. The molecule has 0 saturated carbocycles. The molecule has 0 bridgehead atoms. The highest BCUT2D eigenvalue weighted by atomic mass is 127. The molecule has 0 spiro atoms. The number of rotatable bonds is 5. The first kappa shape index (κ1) is 18.6. The minimum atomic E-state index is 0. The van der Waals surface area contributed by atoms with E-state index in [-0.39, 0.29) is 24.0 Å². The Morgan fingerprint density at radius 2 is 1.84 bits per heavy atom. The van der Waals surface area contributed by atoms with Gasteiger partial charge in [0.2, 0.25) is 0 Å². The van der Waals surface area contributed by atoms with Gasteiger partial charge in [-0.3, -0.25) is 4.99 Å². The standard InChI is InChI=1S/C14H23N3S.HI/c1-10(2)18-6-5-16-14(15)17-13-8-11(3)7-12(4)9-13;/h7-10H,5-6H2,1-4H3,(H3,15,16,17);1H. The average molecular weight is 393 g/mol. The summed E-state index contributed by atoms with van der Waals surface area (Å²) in [6.45, 7) is 9.28. The van der Waals surface area contributed by atoms with Crippen LogP contribution in [0.4, 0.5) is 5.69 Å². The Hall–Kier alpha value is -0.430. The predicted octanol–water partition coefficient (Wildman–Crippen LogP) is 3.79. The van der Waals surface area contributed by atoms with Crippen molar-refractivity contribution in [1.29, 1.82) is 0 Å². The first-order chi connectivity index (χ1) is 8.47. The van der Waals surface area contributed by atoms with E-state index in [0.29, 0.717) is 11.2 Å². The molecule has 3 nitrogen and oxygen atoms in total. The maximum absolute atomic E-state index is 5.85. The summed E-state index contributed by atoms with van der Waals surface area (Å²) in [5, 5.41) is 3.78. The second-order valence-electron chi connectivity index (χ2n) is 4.69. The van der Waals surface area contributed by atoms with Crippen LogP contribution in [0.15, 0.2) is 23.2 Å². The lowest BCUT2D eigenvalue weighted by Crippen LogP contribution is -2.23. The molecule has 0 aliphatic heterocycles. The van der Waals surface area contributed by atoms with Crippen molar-refractivity contribution in [2.75, 3.05) is 17.6 Å². The number of nitrogens with two attached hydrogens (primary N) is 1. The van der Waals surface area contributed by atoms with E-state index in [4.69, 9.17) is 5.73 Å². The van der Waals surface area contributed by atoms with Crippen LogP contribution in [0.1, 0.15) is 25.0 Å². The predicted molar refractivity (Wildman–Crippen MR) is 99.0 cm³/mol. The molecule has 0 aliphatic rings. The molecule has 1 aromatic carbocycles. The largest absolute Gasteiger partial charge is 0.370 e. The van der Waals surface area contributed by atoms with Gasteiger partial charge in [0.15, 0.2) is 5.96 Å². The van der Waals surface area contributed by atoms with Gasteiger partial charge in [-0.2, -0.15) is 11.8 Å². The Bertz CT molecular complexity index is 399. The number of aliphatic imine (C=N–C) groups is 1. The lowest BCUT2D eigenvalue weighted by Gasteiger charge is -2.08. The number of anilines is 1. The van der Waals surface area contributed by atoms with E-state index in [9.17, 15) is 0 Å². The molecule has 0 aliphatic carbocycles. The number of nitrogens with zero attached hydrogens (tertiary/aromatic N) is 1. The highest BCUT2D eigenvalue weighted by Crippen LogP contribution is 2.13. The van der Waals surface area contributed by atoms with Crippen molar-refractivity contribution < 1.29 is 0 Å². The van der Waals surface area contributed by atoms with E-state index < -0.39 is 0 Å². The first-order valence-corrected chi connectivity index (χ1v) is 7.29. The first-order valence-electron chi connectivity index (χ1n) is 6.24. The molecular weight excluding hydrogens is 369 g/mol. The van der Waals surface area contributed by atoms with Crippen LogP contribution in [0.25, 0.3) is 0 Å². The van der Waals surface area contributed by atoms with Crippen molar-refractivity contribution in [2.24, 2.45) is 10.7 Å². The number of halogens is 1. The second kappa shape index (κ2) is 9.47. The summed E-state index contributed by atoms with van der Waals surface area (Å²) in [5.74, 6) is 1.50. The fourth-order valence-electron chi connectivity index (χ4n) is 1.69. The van der Waals surface area contributed by atoms with Crippen LogP contribution in [-0.2, 0) is 0 Å². The summed E-state index contributed by atoms with van der Waals surface area (Å²) in [6, 6.07) is 6.27. The van der Waals surface area contributed by atoms with Gasteiger partial charge in [-0.15, -0.1) is 24.0 Å². The maximum Gasteiger partial charge on any atom is 0.193 e. The summed E-state index contributed by atoms with van der Waals surface area (Å²) in [6.07, 6.45) is 0. The molecule has 0 saturated heterocycles. The number of hydrogen-bond donors (Lipinski definition) is 2. The molecule has 1 aromatic rings. The second-order valence-corrected chi connectivity index (χ2v) is 6.37. The van der Waals surface area contributed by atoms with Crippen LogP contribution in [0.3, 0.4) is 0 Å². The zero-order valence-corrected chi connectivity index (χ0v) is 15.2. The van der Waals surface area contributed by atoms with Gasteiger partial charge >= 0.3 is 0 Å². The zero-order chi connectivity index (χ0) is 13.5. The van der Waals surface area contributed by atoms with Gasteiger partial charge in [-0.05, 0) is 42.4 Å². The highest BCUT2D eigenvalue weighted by Gasteiger charge is 1.98. The van der Waals surface area contributed by atoms with Crippen LogP contribution < -0.4 is 11.1 Å². The van der Waals surface area contributed by atoms with E-state index >= 15 is 0 Å². The molecule has 0 unspecified atom stereocenters. The molecule has 1 rings (SSSR count). The Morgan fingerprint density at radius 3 is 2.37 bits per heavy atom. The Labute approximate surface area is 137 Å². The minimum Gasteiger partial charge on any atom is -0.370 e. The van der Waals surface area contributed by atoms with Gasteiger partial charge in [-0.25, -0.2) is 0 Å². The number of hydrogen-bond acceptors (Lipinski definition) is 2. The minimum absolute atomic E-state index is 0. The van der Waals surface area contributed by atoms with E-state index in [2.05, 4.69) is 56.2 Å². The molecule has 3 N–H and O–H groups in total. The van der Waals surface area contributed by atoms with Gasteiger partial charge in [0.1, 0.15) is 0 Å². The Balaban J connectivity index is 0.00000324. The van der Waals surface area contributed by atoms with Crippen molar-refractivity contribution in [3.63, 3.8) is 0 Å². The fourth-order valence-corrected chi connectivity index (χ4v) is 2.36. The topological polar surface area (TPSA) is 50.4 Å². The summed E-state index contributed by atoms with van der Waals surface area (Å²) in [5.41, 5.74) is 9.30. The lowest BCUT2D eigenvalue weighted by atomic mass is 10.1. The number of benzene rings is 1. The molecule has 5 heteroatoms. The molecule has 0 atom stereocenters. The van der Waals surface area contributed by atoms with Gasteiger partial charge in [-0.1, -0.05) is 19.9 Å². The van der Waals surface area contributed by atoms with Crippen molar-refractivity contribution in [3.8, 4) is 0 Å². The summed E-state index contributed by atoms with van der Waals surface area (Å²) in [4.78, 5) is 4.31. The van der Waals surface area contributed by atoms with Crippen molar-refractivity contribution >= 4 is 47.4 Å². The van der Waals surface area contributed by atoms with Gasteiger partial charge in [0.05, 0.1) is 6.54 Å². The highest BCUT2D eigenvalue weighted by molar-refractivity contribution is 14.0. The lowest BCUT2D eigenvalue weighted by molar-refractivity contribution is 1.08. The molecule has 0 heterocycles. The summed E-state index contributed by atoms with van der Waals surface area (Å²) < 4.78 is 0. The number of nitrogens with one attached hydrogen (secondary N) is 1. The SMILES string of the molecule is Cc1cc(C)cc(NC(N)=NCCSC(C)C)c1.I. The zero-order valence-electron chi connectivity index (χ0n) is 12.1. The molecule has 19 heavy (non-hydrogen) atoms. The molecule has 108 valence electrons. The van der Waals surface area contributed by atoms with Gasteiger partial charge < -0.3 is 11.1 Å².